The number of H-pyrrole nitrogens is 1. The number of rotatable bonds is 7. The van der Waals surface area contributed by atoms with E-state index in [9.17, 15) is 18.0 Å². The molecule has 1 aliphatic rings. The Bertz CT molecular complexity index is 1520. The second-order valence-electron chi connectivity index (χ2n) is 10.4. The predicted molar refractivity (Wildman–Crippen MR) is 160 cm³/mol. The Morgan fingerprint density at radius 3 is 2.36 bits per heavy atom. The van der Waals surface area contributed by atoms with Crippen molar-refractivity contribution in [1.29, 1.82) is 0 Å². The molecular formula is C31H30Cl2F3N5O. The van der Waals surface area contributed by atoms with Gasteiger partial charge in [0.05, 0.1) is 21.3 Å². The lowest BCUT2D eigenvalue weighted by atomic mass is 10.0. The normalized spacial score (nSPS) is 14.6. The number of halogens is 5. The molecular weight excluding hydrogens is 586 g/mol. The van der Waals surface area contributed by atoms with Gasteiger partial charge in [0.15, 0.2) is 0 Å². The smallest absolute Gasteiger partial charge is 0.342 e. The van der Waals surface area contributed by atoms with Crippen LogP contribution in [0, 0.1) is 6.92 Å². The molecule has 0 unspecified atom stereocenters. The topological polar surface area (TPSA) is 64.3 Å². The molecule has 0 bridgehead atoms. The third-order valence-corrected chi connectivity index (χ3v) is 8.21. The molecule has 1 fully saturated rings. The number of amides is 2. The van der Waals surface area contributed by atoms with Gasteiger partial charge in [0.25, 0.3) is 0 Å². The standard InChI is InChI=1S/C31H30Cl2F3N5O/c1-20-28(39-29(37-20)22-7-9-23(10-8-22)31(34,35)36)19-40-15-13-25(14-16-40)41(18-21-5-3-2-4-6-21)30(42)38-24-11-12-26(32)27(33)17-24/h2-12,17,25H,13-16,18-19H2,1H3,(H,37,39)(H,38,42). The monoisotopic (exact) mass is 615 g/mol. The molecule has 6 nitrogen and oxygen atoms in total. The van der Waals surface area contributed by atoms with Gasteiger partial charge in [0.2, 0.25) is 0 Å². The summed E-state index contributed by atoms with van der Waals surface area (Å²) >= 11 is 12.2. The lowest BCUT2D eigenvalue weighted by Gasteiger charge is -2.38. The zero-order valence-electron chi connectivity index (χ0n) is 22.9. The number of carbonyl (C=O) groups excluding carboxylic acids is 1. The largest absolute Gasteiger partial charge is 0.416 e. The van der Waals surface area contributed by atoms with Crippen molar-refractivity contribution in [2.75, 3.05) is 18.4 Å². The number of anilines is 1. The maximum Gasteiger partial charge on any atom is 0.416 e. The number of carbonyl (C=O) groups is 1. The Balaban J connectivity index is 1.24. The summed E-state index contributed by atoms with van der Waals surface area (Å²) in [7, 11) is 0. The van der Waals surface area contributed by atoms with Crippen LogP contribution in [0.4, 0.5) is 23.7 Å². The van der Waals surface area contributed by atoms with E-state index in [2.05, 4.69) is 15.2 Å². The van der Waals surface area contributed by atoms with Crippen LogP contribution in [0.25, 0.3) is 11.4 Å². The summed E-state index contributed by atoms with van der Waals surface area (Å²) in [6, 6.07) is 19.7. The molecule has 1 aliphatic heterocycles. The molecule has 11 heteroatoms. The third-order valence-electron chi connectivity index (χ3n) is 7.47. The fourth-order valence-corrected chi connectivity index (χ4v) is 5.42. The molecule has 0 aliphatic carbocycles. The van der Waals surface area contributed by atoms with Gasteiger partial charge in [0.1, 0.15) is 5.82 Å². The van der Waals surface area contributed by atoms with Crippen LogP contribution in [-0.4, -0.2) is 44.9 Å². The number of hydrogen-bond acceptors (Lipinski definition) is 3. The quantitative estimate of drug-likeness (QED) is 0.219. The predicted octanol–water partition coefficient (Wildman–Crippen LogP) is 8.41. The highest BCUT2D eigenvalue weighted by atomic mass is 35.5. The zero-order chi connectivity index (χ0) is 29.9. The number of piperidine rings is 1. The van der Waals surface area contributed by atoms with Crippen LogP contribution in [0.5, 0.6) is 0 Å². The molecule has 5 rings (SSSR count). The minimum atomic E-state index is -4.38. The van der Waals surface area contributed by atoms with Crippen molar-refractivity contribution in [2.24, 2.45) is 0 Å². The van der Waals surface area contributed by atoms with E-state index in [1.54, 1.807) is 18.2 Å². The van der Waals surface area contributed by atoms with E-state index in [0.29, 0.717) is 40.2 Å². The van der Waals surface area contributed by atoms with Crippen LogP contribution in [0.1, 0.15) is 35.4 Å². The SMILES string of the molecule is Cc1[nH]c(-c2ccc(C(F)(F)F)cc2)nc1CN1CCC(N(Cc2ccccc2)C(=O)Nc2ccc(Cl)c(Cl)c2)CC1. The average Bonchev–Trinajstić information content (AvgIpc) is 3.34. The van der Waals surface area contributed by atoms with Crippen molar-refractivity contribution >= 4 is 34.9 Å². The van der Waals surface area contributed by atoms with Crippen molar-refractivity contribution < 1.29 is 18.0 Å². The fourth-order valence-electron chi connectivity index (χ4n) is 5.12. The van der Waals surface area contributed by atoms with E-state index in [0.717, 1.165) is 55.0 Å². The minimum Gasteiger partial charge on any atom is -0.342 e. The third kappa shape index (κ3) is 7.27. The summed E-state index contributed by atoms with van der Waals surface area (Å²) < 4.78 is 38.8. The highest BCUT2D eigenvalue weighted by Gasteiger charge is 2.31. The number of aromatic amines is 1. The highest BCUT2D eigenvalue weighted by molar-refractivity contribution is 6.42. The number of aryl methyl sites for hydroxylation is 1. The maximum atomic E-state index is 13.5. The molecule has 0 saturated carbocycles. The van der Waals surface area contributed by atoms with Crippen LogP contribution < -0.4 is 5.32 Å². The number of hydrogen-bond donors (Lipinski definition) is 2. The van der Waals surface area contributed by atoms with Gasteiger partial charge in [-0.05, 0) is 55.7 Å². The first kappa shape index (κ1) is 29.9. The molecule has 2 heterocycles. The van der Waals surface area contributed by atoms with E-state index < -0.39 is 11.7 Å². The molecule has 2 amide bonds. The van der Waals surface area contributed by atoms with Crippen LogP contribution >= 0.6 is 23.2 Å². The van der Waals surface area contributed by atoms with E-state index in [1.807, 2.05) is 42.2 Å². The fraction of sp³-hybridized carbons (Fsp3) is 0.290. The van der Waals surface area contributed by atoms with Gasteiger partial charge in [-0.2, -0.15) is 13.2 Å². The minimum absolute atomic E-state index is 0.0206. The first-order chi connectivity index (χ1) is 20.1. The Labute approximate surface area is 252 Å². The molecule has 4 aromatic rings. The summed E-state index contributed by atoms with van der Waals surface area (Å²) in [6.45, 7) is 4.50. The number of imidazole rings is 1. The van der Waals surface area contributed by atoms with Gasteiger partial charge >= 0.3 is 12.2 Å². The number of nitrogens with one attached hydrogen (secondary N) is 2. The van der Waals surface area contributed by atoms with E-state index >= 15 is 0 Å². The van der Waals surface area contributed by atoms with Crippen molar-refractivity contribution in [3.8, 4) is 11.4 Å². The summed E-state index contributed by atoms with van der Waals surface area (Å²) in [5.74, 6) is 0.541. The van der Waals surface area contributed by atoms with Crippen molar-refractivity contribution in [3.63, 3.8) is 0 Å². The lowest BCUT2D eigenvalue weighted by molar-refractivity contribution is -0.137. The number of likely N-dealkylation sites (tertiary alicyclic amines) is 1. The first-order valence-corrected chi connectivity index (χ1v) is 14.3. The second kappa shape index (κ2) is 12.8. The summed E-state index contributed by atoms with van der Waals surface area (Å²) in [4.78, 5) is 25.6. The van der Waals surface area contributed by atoms with Crippen molar-refractivity contribution in [3.05, 3.63) is 105 Å². The molecule has 1 saturated heterocycles. The van der Waals surface area contributed by atoms with Gasteiger partial charge in [-0.3, -0.25) is 4.90 Å². The summed E-state index contributed by atoms with van der Waals surface area (Å²) in [6.07, 6.45) is -2.83. The lowest BCUT2D eigenvalue weighted by Crippen LogP contribution is -2.48. The maximum absolute atomic E-state index is 13.5. The Morgan fingerprint density at radius 2 is 1.71 bits per heavy atom. The highest BCUT2D eigenvalue weighted by Crippen LogP contribution is 2.31. The molecule has 3 aromatic carbocycles. The zero-order valence-corrected chi connectivity index (χ0v) is 24.4. The van der Waals surface area contributed by atoms with Crippen molar-refractivity contribution in [1.82, 2.24) is 19.8 Å². The Kier molecular flexibility index (Phi) is 9.11. The van der Waals surface area contributed by atoms with E-state index in [1.165, 1.54) is 12.1 Å². The number of urea groups is 1. The Morgan fingerprint density at radius 1 is 1.02 bits per heavy atom. The van der Waals surface area contributed by atoms with Crippen LogP contribution in [0.15, 0.2) is 72.8 Å². The molecule has 0 atom stereocenters. The summed E-state index contributed by atoms with van der Waals surface area (Å²) in [5, 5.41) is 3.76. The Hall–Kier alpha value is -3.53. The van der Waals surface area contributed by atoms with Crippen LogP contribution in [-0.2, 0) is 19.3 Å². The number of alkyl halides is 3. The molecule has 0 spiro atoms. The van der Waals surface area contributed by atoms with E-state index in [4.69, 9.17) is 28.2 Å². The second-order valence-corrected chi connectivity index (χ2v) is 11.2. The average molecular weight is 617 g/mol. The molecule has 1 aromatic heterocycles. The van der Waals surface area contributed by atoms with Crippen LogP contribution in [0.3, 0.4) is 0 Å². The van der Waals surface area contributed by atoms with E-state index in [-0.39, 0.29) is 12.1 Å². The van der Waals surface area contributed by atoms with Gasteiger partial charge in [-0.25, -0.2) is 9.78 Å². The number of nitrogens with zero attached hydrogens (tertiary/aromatic N) is 3. The first-order valence-electron chi connectivity index (χ1n) is 13.6. The van der Waals surface area contributed by atoms with Gasteiger partial charge < -0.3 is 15.2 Å². The molecule has 0 radical (unpaired) electrons. The number of aromatic nitrogens is 2. The van der Waals surface area contributed by atoms with Gasteiger partial charge in [-0.15, -0.1) is 0 Å². The molecule has 42 heavy (non-hydrogen) atoms. The van der Waals surface area contributed by atoms with Crippen LogP contribution in [0.2, 0.25) is 10.0 Å². The summed E-state index contributed by atoms with van der Waals surface area (Å²) in [5.41, 5.74) is 3.24. The van der Waals surface area contributed by atoms with Crippen molar-refractivity contribution in [2.45, 2.75) is 45.1 Å². The number of benzene rings is 3. The van der Waals surface area contributed by atoms with Gasteiger partial charge in [-0.1, -0.05) is 65.7 Å². The van der Waals surface area contributed by atoms with Gasteiger partial charge in [0, 0.05) is 49.2 Å². The molecule has 2 N–H and O–H groups in total. The molecule has 220 valence electrons.